The van der Waals surface area contributed by atoms with Crippen LogP contribution in [0, 0.1) is 17.1 Å². The molecule has 26 heavy (non-hydrogen) atoms. The van der Waals surface area contributed by atoms with Crippen LogP contribution in [0.25, 0.3) is 10.9 Å². The van der Waals surface area contributed by atoms with Crippen molar-refractivity contribution in [3.05, 3.63) is 71.7 Å². The Balaban J connectivity index is 1.38. The highest BCUT2D eigenvalue weighted by Gasteiger charge is 2.21. The van der Waals surface area contributed by atoms with E-state index >= 15 is 0 Å². The molecule has 1 aliphatic heterocycles. The van der Waals surface area contributed by atoms with Crippen molar-refractivity contribution in [2.45, 2.75) is 25.3 Å². The van der Waals surface area contributed by atoms with E-state index < -0.39 is 0 Å². The third kappa shape index (κ3) is 3.36. The van der Waals surface area contributed by atoms with Crippen LogP contribution in [0.5, 0.6) is 0 Å². The van der Waals surface area contributed by atoms with Gasteiger partial charge in [-0.25, -0.2) is 4.39 Å². The van der Waals surface area contributed by atoms with Crippen molar-refractivity contribution in [2.24, 2.45) is 0 Å². The van der Waals surface area contributed by atoms with Gasteiger partial charge >= 0.3 is 0 Å². The summed E-state index contributed by atoms with van der Waals surface area (Å²) in [6.45, 7) is 3.16. The van der Waals surface area contributed by atoms with Crippen LogP contribution in [0.1, 0.15) is 30.0 Å². The molecule has 1 aliphatic rings. The van der Waals surface area contributed by atoms with Crippen LogP contribution in [-0.2, 0) is 6.42 Å². The number of rotatable bonds is 4. The third-order valence-corrected chi connectivity index (χ3v) is 5.46. The molecule has 0 radical (unpaired) electrons. The molecule has 4 heteroatoms. The van der Waals surface area contributed by atoms with Crippen LogP contribution in [0.2, 0.25) is 0 Å². The molecule has 0 bridgehead atoms. The summed E-state index contributed by atoms with van der Waals surface area (Å²) in [5.74, 6) is -0.173. The minimum Gasteiger partial charge on any atom is -0.344 e. The van der Waals surface area contributed by atoms with Gasteiger partial charge in [0.05, 0.1) is 11.6 Å². The summed E-state index contributed by atoms with van der Waals surface area (Å²) >= 11 is 0. The average Bonchev–Trinajstić information content (AvgIpc) is 3.12. The molecule has 132 valence electrons. The van der Waals surface area contributed by atoms with E-state index in [-0.39, 0.29) is 5.82 Å². The first-order valence-electron chi connectivity index (χ1n) is 9.21. The molecule has 4 rings (SSSR count). The van der Waals surface area contributed by atoms with Gasteiger partial charge in [-0.2, -0.15) is 5.26 Å². The highest BCUT2D eigenvalue weighted by Crippen LogP contribution is 2.29. The number of hydrogen-bond acceptors (Lipinski definition) is 2. The predicted octanol–water partition coefficient (Wildman–Crippen LogP) is 4.53. The SMILES string of the molecule is N#Cc1cccc2c1ccn2C1CCN(CCc2ccc(F)cc2)CC1. The summed E-state index contributed by atoms with van der Waals surface area (Å²) in [5, 5.41) is 10.3. The zero-order valence-corrected chi connectivity index (χ0v) is 14.7. The molecular formula is C22H22FN3. The highest BCUT2D eigenvalue weighted by atomic mass is 19.1. The average molecular weight is 347 g/mol. The number of aromatic nitrogens is 1. The van der Waals surface area contributed by atoms with Gasteiger partial charge in [-0.3, -0.25) is 0 Å². The topological polar surface area (TPSA) is 32.0 Å². The van der Waals surface area contributed by atoms with Gasteiger partial charge in [0.2, 0.25) is 0 Å². The van der Waals surface area contributed by atoms with Gasteiger partial charge in [-0.15, -0.1) is 0 Å². The van der Waals surface area contributed by atoms with E-state index in [9.17, 15) is 9.65 Å². The third-order valence-electron chi connectivity index (χ3n) is 5.46. The number of benzene rings is 2. The number of hydrogen-bond donors (Lipinski definition) is 0. The van der Waals surface area contributed by atoms with Gasteiger partial charge in [0, 0.05) is 42.8 Å². The van der Waals surface area contributed by atoms with Crippen LogP contribution in [0.3, 0.4) is 0 Å². The number of fused-ring (bicyclic) bond motifs is 1. The summed E-state index contributed by atoms with van der Waals surface area (Å²) in [7, 11) is 0. The maximum atomic E-state index is 13.0. The van der Waals surface area contributed by atoms with E-state index in [0.29, 0.717) is 6.04 Å². The van der Waals surface area contributed by atoms with Crippen molar-refractivity contribution in [3.8, 4) is 6.07 Å². The van der Waals surface area contributed by atoms with Gasteiger partial charge in [0.25, 0.3) is 0 Å². The monoisotopic (exact) mass is 347 g/mol. The lowest BCUT2D eigenvalue weighted by atomic mass is 10.0. The molecule has 2 aromatic carbocycles. The fraction of sp³-hybridized carbons (Fsp3) is 0.318. The molecule has 1 aromatic heterocycles. The molecule has 3 nitrogen and oxygen atoms in total. The first-order chi connectivity index (χ1) is 12.7. The van der Waals surface area contributed by atoms with E-state index in [1.165, 1.54) is 17.7 Å². The smallest absolute Gasteiger partial charge is 0.123 e. The summed E-state index contributed by atoms with van der Waals surface area (Å²) in [6, 6.07) is 17.6. The predicted molar refractivity (Wildman–Crippen MR) is 101 cm³/mol. The molecule has 0 N–H and O–H groups in total. The van der Waals surface area contributed by atoms with Crippen molar-refractivity contribution < 1.29 is 4.39 Å². The Morgan fingerprint density at radius 2 is 1.81 bits per heavy atom. The molecule has 0 unspecified atom stereocenters. The zero-order valence-electron chi connectivity index (χ0n) is 14.7. The summed E-state index contributed by atoms with van der Waals surface area (Å²) in [6.07, 6.45) is 5.32. The number of nitrogens with zero attached hydrogens (tertiary/aromatic N) is 3. The van der Waals surface area contributed by atoms with Crippen LogP contribution >= 0.6 is 0 Å². The highest BCUT2D eigenvalue weighted by molar-refractivity contribution is 5.86. The molecular weight excluding hydrogens is 325 g/mol. The second-order valence-electron chi connectivity index (χ2n) is 7.02. The number of likely N-dealkylation sites (tertiary alicyclic amines) is 1. The quantitative estimate of drug-likeness (QED) is 0.694. The van der Waals surface area contributed by atoms with Crippen LogP contribution < -0.4 is 0 Å². The molecule has 0 saturated carbocycles. The van der Waals surface area contributed by atoms with Gasteiger partial charge < -0.3 is 9.47 Å². The van der Waals surface area contributed by atoms with Gasteiger partial charge in [-0.1, -0.05) is 18.2 Å². The largest absolute Gasteiger partial charge is 0.344 e. The lowest BCUT2D eigenvalue weighted by Gasteiger charge is -2.33. The molecule has 1 fully saturated rings. The number of nitriles is 1. The van der Waals surface area contributed by atoms with E-state index in [2.05, 4.69) is 33.9 Å². The number of piperidine rings is 1. The molecule has 0 amide bonds. The van der Waals surface area contributed by atoms with Crippen molar-refractivity contribution in [1.82, 2.24) is 9.47 Å². The minimum absolute atomic E-state index is 0.173. The van der Waals surface area contributed by atoms with E-state index in [4.69, 9.17) is 0 Å². The van der Waals surface area contributed by atoms with Gasteiger partial charge in [0.1, 0.15) is 5.82 Å². The van der Waals surface area contributed by atoms with Gasteiger partial charge in [0.15, 0.2) is 0 Å². The normalized spacial score (nSPS) is 16.0. The second kappa shape index (κ2) is 7.31. The Labute approximate surface area is 153 Å². The molecule has 1 saturated heterocycles. The Bertz CT molecular complexity index is 928. The van der Waals surface area contributed by atoms with Crippen molar-refractivity contribution in [1.29, 1.82) is 5.26 Å². The van der Waals surface area contributed by atoms with E-state index in [1.807, 2.05) is 24.3 Å². The van der Waals surface area contributed by atoms with Crippen LogP contribution in [0.15, 0.2) is 54.7 Å². The van der Waals surface area contributed by atoms with Crippen molar-refractivity contribution in [3.63, 3.8) is 0 Å². The zero-order chi connectivity index (χ0) is 17.9. The molecule has 0 spiro atoms. The maximum Gasteiger partial charge on any atom is 0.123 e. The van der Waals surface area contributed by atoms with Crippen molar-refractivity contribution >= 4 is 10.9 Å². The first kappa shape index (κ1) is 16.8. The van der Waals surface area contributed by atoms with Gasteiger partial charge in [-0.05, 0) is 55.2 Å². The second-order valence-corrected chi connectivity index (χ2v) is 7.02. The summed E-state index contributed by atoms with van der Waals surface area (Å²) in [4.78, 5) is 2.49. The first-order valence-corrected chi connectivity index (χ1v) is 9.21. The fourth-order valence-electron chi connectivity index (χ4n) is 3.96. The molecule has 2 heterocycles. The summed E-state index contributed by atoms with van der Waals surface area (Å²) < 4.78 is 15.3. The lowest BCUT2D eigenvalue weighted by Crippen LogP contribution is -2.35. The Hall–Kier alpha value is -2.64. The standard InChI is InChI=1S/C22H22FN3/c23-19-6-4-17(5-7-19)8-12-25-13-9-20(10-14-25)26-15-11-21-18(16-24)2-1-3-22(21)26/h1-7,11,15,20H,8-10,12-14H2. The number of halogens is 1. The maximum absolute atomic E-state index is 13.0. The Morgan fingerprint density at radius 3 is 2.54 bits per heavy atom. The fourth-order valence-corrected chi connectivity index (χ4v) is 3.96. The van der Waals surface area contributed by atoms with Crippen molar-refractivity contribution in [2.75, 3.05) is 19.6 Å². The summed E-state index contributed by atoms with van der Waals surface area (Å²) in [5.41, 5.74) is 3.10. The minimum atomic E-state index is -0.173. The molecule has 3 aromatic rings. The van der Waals surface area contributed by atoms with E-state index in [1.54, 1.807) is 0 Å². The Kier molecular flexibility index (Phi) is 4.73. The van der Waals surface area contributed by atoms with Crippen LogP contribution in [0.4, 0.5) is 4.39 Å². The molecule has 0 atom stereocenters. The van der Waals surface area contributed by atoms with E-state index in [0.717, 1.165) is 55.4 Å². The Morgan fingerprint density at radius 1 is 1.04 bits per heavy atom. The van der Waals surface area contributed by atoms with Crippen LogP contribution in [-0.4, -0.2) is 29.1 Å². The molecule has 0 aliphatic carbocycles. The lowest BCUT2D eigenvalue weighted by molar-refractivity contribution is 0.190.